The van der Waals surface area contributed by atoms with Crippen LogP contribution in [0.1, 0.15) is 0 Å². The lowest BCUT2D eigenvalue weighted by molar-refractivity contribution is -0.674. The Hall–Kier alpha value is -1.57. The molecule has 0 bridgehead atoms. The molecule has 2 aromatic heterocycles. The number of aromatic nitrogens is 2. The zero-order valence-corrected chi connectivity index (χ0v) is 11.7. The summed E-state index contributed by atoms with van der Waals surface area (Å²) in [6, 6.07) is 13.1. The van der Waals surface area contributed by atoms with Gasteiger partial charge in [0.15, 0.2) is 6.15 Å². The molecular weight excluding hydrogens is 218 g/mol. The minimum Gasteiger partial charge on any atom is -0.394 e. The van der Waals surface area contributed by atoms with Gasteiger partial charge in [-0.2, -0.15) is 13.6 Å². The van der Waals surface area contributed by atoms with Gasteiger partial charge in [-0.05, 0) is 49.1 Å². The molecule has 3 heterocycles. The van der Waals surface area contributed by atoms with Crippen LogP contribution in [-0.2, 0) is 0 Å². The first-order valence-corrected chi connectivity index (χ1v) is 6.94. The molecule has 0 N–H and O–H groups in total. The highest BCUT2D eigenvalue weighted by Gasteiger charge is 2.48. The highest BCUT2D eigenvalue weighted by atomic mass is 15.1. The summed E-state index contributed by atoms with van der Waals surface area (Å²) in [6.45, 7) is 9.39. The van der Waals surface area contributed by atoms with Crippen molar-refractivity contribution in [2.75, 3.05) is 0 Å². The van der Waals surface area contributed by atoms with E-state index in [4.69, 9.17) is 0 Å². The molecule has 0 fully saturated rings. The average Bonchev–Trinajstić information content (AvgIpc) is 2.37. The first kappa shape index (κ1) is 11.5. The number of rotatable bonds is 0. The van der Waals surface area contributed by atoms with Crippen LogP contribution >= 0.6 is 0 Å². The molecule has 0 saturated carbocycles. The Morgan fingerprint density at radius 1 is 0.722 bits per heavy atom. The SMILES string of the molecule is C[B-]1(C)c2cccc[n+]2[B-](C)(C)[n+]2ccccc21. The van der Waals surface area contributed by atoms with E-state index in [9.17, 15) is 0 Å². The van der Waals surface area contributed by atoms with E-state index in [1.54, 1.807) is 0 Å². The summed E-state index contributed by atoms with van der Waals surface area (Å²) in [5.74, 6) is 0. The molecule has 0 aliphatic carbocycles. The third-order valence-electron chi connectivity index (χ3n) is 4.69. The van der Waals surface area contributed by atoms with Gasteiger partial charge in [-0.1, -0.05) is 12.1 Å². The number of pyridine rings is 2. The molecule has 0 spiro atoms. The predicted molar refractivity (Wildman–Crippen MR) is 78.3 cm³/mol. The molecule has 1 aliphatic heterocycles. The van der Waals surface area contributed by atoms with E-state index < -0.39 is 12.6 Å². The van der Waals surface area contributed by atoms with Gasteiger partial charge in [-0.3, -0.25) is 0 Å². The Bertz CT molecular complexity index is 515. The first-order chi connectivity index (χ1) is 8.45. The van der Waals surface area contributed by atoms with E-state index in [0.29, 0.717) is 0 Å². The maximum absolute atomic E-state index is 2.47. The van der Waals surface area contributed by atoms with Crippen molar-refractivity contribution in [3.63, 3.8) is 0 Å². The standard InChI is InChI=1S/C14H20B2N2/c1-15(2)13-9-5-7-11-17(13)16(3,4)18-12-8-6-10-14(15)18/h5-12H,1-4H3. The first-order valence-electron chi connectivity index (χ1n) is 6.94. The van der Waals surface area contributed by atoms with Crippen molar-refractivity contribution >= 4 is 23.7 Å². The summed E-state index contributed by atoms with van der Waals surface area (Å²) in [4.78, 5) is 0. The zero-order chi connectivity index (χ0) is 13.0. The monoisotopic (exact) mass is 238 g/mol. The lowest BCUT2D eigenvalue weighted by Gasteiger charge is -2.42. The predicted octanol–water partition coefficient (Wildman–Crippen LogP) is 0.496. The van der Waals surface area contributed by atoms with Crippen molar-refractivity contribution < 1.29 is 8.96 Å². The van der Waals surface area contributed by atoms with Crippen molar-refractivity contribution in [2.24, 2.45) is 0 Å². The number of fused-ring (bicyclic) bond motifs is 2. The van der Waals surface area contributed by atoms with Gasteiger partial charge in [0.2, 0.25) is 0 Å². The van der Waals surface area contributed by atoms with Gasteiger partial charge < -0.3 is 8.96 Å². The van der Waals surface area contributed by atoms with Crippen LogP contribution in [0.4, 0.5) is 0 Å². The van der Waals surface area contributed by atoms with E-state index in [1.807, 2.05) is 0 Å². The van der Waals surface area contributed by atoms with Crippen LogP contribution in [0.15, 0.2) is 48.8 Å². The van der Waals surface area contributed by atoms with Crippen LogP contribution in [0, 0.1) is 0 Å². The average molecular weight is 238 g/mol. The topological polar surface area (TPSA) is 7.76 Å². The van der Waals surface area contributed by atoms with Crippen molar-refractivity contribution in [1.82, 2.24) is 0 Å². The van der Waals surface area contributed by atoms with Crippen LogP contribution < -0.4 is 20.1 Å². The third-order valence-corrected chi connectivity index (χ3v) is 4.69. The van der Waals surface area contributed by atoms with E-state index in [-0.39, 0.29) is 0 Å². The number of nitrogens with zero attached hydrogens (tertiary/aromatic N) is 2. The van der Waals surface area contributed by atoms with Crippen LogP contribution in [0.3, 0.4) is 0 Å². The molecule has 0 unspecified atom stereocenters. The van der Waals surface area contributed by atoms with Gasteiger partial charge in [0.1, 0.15) is 12.4 Å². The Kier molecular flexibility index (Phi) is 2.22. The van der Waals surface area contributed by atoms with Crippen molar-refractivity contribution in [2.45, 2.75) is 27.3 Å². The van der Waals surface area contributed by atoms with Crippen LogP contribution in [0.25, 0.3) is 0 Å². The van der Waals surface area contributed by atoms with Gasteiger partial charge in [0.05, 0.1) is 0 Å². The summed E-state index contributed by atoms with van der Waals surface area (Å²) in [5.41, 5.74) is 2.90. The molecular formula is C14H20B2N2. The summed E-state index contributed by atoms with van der Waals surface area (Å²) in [7, 11) is 0. The zero-order valence-electron chi connectivity index (χ0n) is 11.7. The fourth-order valence-electron chi connectivity index (χ4n) is 3.60. The van der Waals surface area contributed by atoms with Gasteiger partial charge in [0, 0.05) is 0 Å². The molecule has 3 rings (SSSR count). The fourth-order valence-corrected chi connectivity index (χ4v) is 3.60. The second kappa shape index (κ2) is 3.47. The molecule has 18 heavy (non-hydrogen) atoms. The summed E-state index contributed by atoms with van der Waals surface area (Å²) in [6.07, 6.45) is 2.98. The molecule has 2 nitrogen and oxygen atoms in total. The Morgan fingerprint density at radius 3 is 1.61 bits per heavy atom. The van der Waals surface area contributed by atoms with E-state index in [0.717, 1.165) is 0 Å². The van der Waals surface area contributed by atoms with Gasteiger partial charge in [-0.25, -0.2) is 0 Å². The molecule has 0 atom stereocenters. The summed E-state index contributed by atoms with van der Waals surface area (Å²) in [5, 5.41) is 0. The minimum absolute atomic E-state index is 0.688. The van der Waals surface area contributed by atoms with Gasteiger partial charge in [0.25, 0.3) is 0 Å². The van der Waals surface area contributed by atoms with Crippen molar-refractivity contribution in [1.29, 1.82) is 0 Å². The fraction of sp³-hybridized carbons (Fsp3) is 0.286. The van der Waals surface area contributed by atoms with E-state index in [1.165, 1.54) is 11.2 Å². The smallest absolute Gasteiger partial charge is 0.394 e. The van der Waals surface area contributed by atoms with Crippen molar-refractivity contribution in [3.8, 4) is 0 Å². The summed E-state index contributed by atoms with van der Waals surface area (Å²) < 4.78 is 4.93. The minimum atomic E-state index is -0.780. The Morgan fingerprint density at radius 2 is 1.17 bits per heavy atom. The Labute approximate surface area is 109 Å². The molecule has 1 aliphatic rings. The van der Waals surface area contributed by atoms with Crippen molar-refractivity contribution in [3.05, 3.63) is 48.8 Å². The van der Waals surface area contributed by atoms with E-state index in [2.05, 4.69) is 85.0 Å². The number of hydrogen-bond acceptors (Lipinski definition) is 0. The Balaban J connectivity index is 2.41. The maximum atomic E-state index is 2.47. The quantitative estimate of drug-likeness (QED) is 0.590. The van der Waals surface area contributed by atoms with Crippen LogP contribution in [-0.4, -0.2) is 12.6 Å². The van der Waals surface area contributed by atoms with Crippen LogP contribution in [0.5, 0.6) is 0 Å². The maximum Gasteiger partial charge on any atom is 0.535 e. The number of hydrogen-bond donors (Lipinski definition) is 0. The molecule has 4 heteroatoms. The lowest BCUT2D eigenvalue weighted by Crippen LogP contribution is -2.96. The molecule has 0 aromatic carbocycles. The highest BCUT2D eigenvalue weighted by Crippen LogP contribution is 2.06. The van der Waals surface area contributed by atoms with Gasteiger partial charge in [-0.15, -0.1) is 0 Å². The third kappa shape index (κ3) is 1.32. The molecule has 0 saturated heterocycles. The molecule has 2 aromatic rings. The summed E-state index contributed by atoms with van der Waals surface area (Å²) >= 11 is 0. The molecule has 0 amide bonds. The van der Waals surface area contributed by atoms with E-state index >= 15 is 0 Å². The van der Waals surface area contributed by atoms with Crippen LogP contribution in [0.2, 0.25) is 27.3 Å². The molecule has 92 valence electrons. The lowest BCUT2D eigenvalue weighted by atomic mass is 9.21. The highest BCUT2D eigenvalue weighted by molar-refractivity contribution is 6.99. The largest absolute Gasteiger partial charge is 0.535 e. The van der Waals surface area contributed by atoms with Gasteiger partial charge >= 0.3 is 6.42 Å². The normalized spacial score (nSPS) is 18.9. The second-order valence-corrected chi connectivity index (χ2v) is 6.67. The second-order valence-electron chi connectivity index (χ2n) is 6.67. The molecule has 0 radical (unpaired) electrons.